The van der Waals surface area contributed by atoms with Crippen molar-refractivity contribution in [1.82, 2.24) is 15.5 Å². The van der Waals surface area contributed by atoms with Crippen LogP contribution in [0.4, 0.5) is 10.5 Å². The van der Waals surface area contributed by atoms with E-state index in [4.69, 9.17) is 4.42 Å². The molecule has 2 amide bonds. The largest absolute Gasteiger partial charge is 0.423 e. The highest BCUT2D eigenvalue weighted by atomic mass is 16.4. The fraction of sp³-hybridized carbons (Fsp3) is 0.500. The Morgan fingerprint density at radius 3 is 2.96 bits per heavy atom. The first-order chi connectivity index (χ1) is 12.2. The van der Waals surface area contributed by atoms with Crippen LogP contribution >= 0.6 is 0 Å². The highest BCUT2D eigenvalue weighted by Crippen LogP contribution is 2.48. The van der Waals surface area contributed by atoms with E-state index in [1.54, 1.807) is 0 Å². The van der Waals surface area contributed by atoms with Gasteiger partial charge in [0.2, 0.25) is 12.3 Å². The third-order valence-electron chi connectivity index (χ3n) is 5.69. The van der Waals surface area contributed by atoms with Crippen molar-refractivity contribution in [2.45, 2.75) is 32.2 Å². The number of amides is 2. The number of nitrogens with zero attached hydrogens (tertiary/aromatic N) is 2. The van der Waals surface area contributed by atoms with Crippen LogP contribution in [-0.2, 0) is 0 Å². The first kappa shape index (κ1) is 16.1. The molecule has 1 heterocycles. The molecular weight excluding hydrogens is 320 g/mol. The van der Waals surface area contributed by atoms with Gasteiger partial charge in [-0.3, -0.25) is 0 Å². The molecule has 4 rings (SSSR count). The van der Waals surface area contributed by atoms with Crippen LogP contribution in [0.5, 0.6) is 0 Å². The second kappa shape index (κ2) is 6.48. The predicted octanol–water partition coefficient (Wildman–Crippen LogP) is 2.57. The summed E-state index contributed by atoms with van der Waals surface area (Å²) in [5.74, 6) is 1.62. The van der Waals surface area contributed by atoms with Crippen molar-refractivity contribution < 1.29 is 14.3 Å². The number of nitrogens with one attached hydrogen (secondary N) is 2. The fourth-order valence-electron chi connectivity index (χ4n) is 4.40. The molecule has 1 aromatic carbocycles. The molecule has 0 radical (unpaired) electrons. The molecule has 2 bridgehead atoms. The lowest BCUT2D eigenvalue weighted by atomic mass is 9.85. The van der Waals surface area contributed by atoms with Crippen LogP contribution in [0, 0.1) is 24.7 Å². The Balaban J connectivity index is 1.47. The van der Waals surface area contributed by atoms with E-state index in [0.717, 1.165) is 24.0 Å². The summed E-state index contributed by atoms with van der Waals surface area (Å²) in [5, 5.41) is 23.2. The molecule has 4 atom stereocenters. The molecule has 7 heteroatoms. The standard InChI is InChI=1S/C18H22N4O3/c1-10-2-3-13(17-22-19-9-25-17)7-15(10)20-18(24)21-16-12-5-4-11(6-12)14(16)8-23/h2-3,7,9,11-12,14,16,23H,4-6,8H2,1H3,(H2,20,21,24). The van der Waals surface area contributed by atoms with E-state index in [2.05, 4.69) is 20.8 Å². The molecule has 2 fully saturated rings. The van der Waals surface area contributed by atoms with Gasteiger partial charge in [-0.2, -0.15) is 0 Å². The number of hydrogen-bond donors (Lipinski definition) is 3. The Bertz CT molecular complexity index is 762. The Morgan fingerprint density at radius 1 is 1.36 bits per heavy atom. The number of rotatable bonds is 4. The van der Waals surface area contributed by atoms with Gasteiger partial charge in [0.25, 0.3) is 0 Å². The zero-order valence-electron chi connectivity index (χ0n) is 14.1. The van der Waals surface area contributed by atoms with Crippen molar-refractivity contribution in [2.24, 2.45) is 17.8 Å². The zero-order chi connectivity index (χ0) is 17.4. The molecule has 2 aliphatic carbocycles. The second-order valence-corrected chi connectivity index (χ2v) is 7.08. The SMILES string of the molecule is Cc1ccc(-c2nnco2)cc1NC(=O)NC1C2CCC(C2)C1CO. The quantitative estimate of drug-likeness (QED) is 0.793. The number of benzene rings is 1. The fourth-order valence-corrected chi connectivity index (χ4v) is 4.40. The summed E-state index contributed by atoms with van der Waals surface area (Å²) in [6.07, 6.45) is 4.69. The lowest BCUT2D eigenvalue weighted by Gasteiger charge is -2.30. The minimum atomic E-state index is -0.234. The van der Waals surface area contributed by atoms with Crippen molar-refractivity contribution in [3.8, 4) is 11.5 Å². The van der Waals surface area contributed by atoms with Crippen LogP contribution in [0.1, 0.15) is 24.8 Å². The predicted molar refractivity (Wildman–Crippen MR) is 91.8 cm³/mol. The van der Waals surface area contributed by atoms with Crippen LogP contribution < -0.4 is 10.6 Å². The Kier molecular flexibility index (Phi) is 4.17. The molecule has 132 valence electrons. The third-order valence-corrected chi connectivity index (χ3v) is 5.69. The van der Waals surface area contributed by atoms with Gasteiger partial charge < -0.3 is 20.2 Å². The van der Waals surface area contributed by atoms with Crippen LogP contribution in [0.15, 0.2) is 29.0 Å². The van der Waals surface area contributed by atoms with E-state index < -0.39 is 0 Å². The van der Waals surface area contributed by atoms with Gasteiger partial charge in [0, 0.05) is 29.8 Å². The number of aryl methyl sites for hydroxylation is 1. The lowest BCUT2D eigenvalue weighted by molar-refractivity contribution is 0.146. The smallest absolute Gasteiger partial charge is 0.319 e. The maximum atomic E-state index is 12.5. The molecule has 2 saturated carbocycles. The van der Waals surface area contributed by atoms with Crippen LogP contribution in [0.3, 0.4) is 0 Å². The average molecular weight is 342 g/mol. The maximum absolute atomic E-state index is 12.5. The van der Waals surface area contributed by atoms with E-state index in [1.165, 1.54) is 12.8 Å². The number of anilines is 1. The summed E-state index contributed by atoms with van der Waals surface area (Å²) in [7, 11) is 0. The maximum Gasteiger partial charge on any atom is 0.319 e. The van der Waals surface area contributed by atoms with E-state index in [0.29, 0.717) is 23.4 Å². The molecule has 3 N–H and O–H groups in total. The monoisotopic (exact) mass is 342 g/mol. The van der Waals surface area contributed by atoms with Gasteiger partial charge in [0.05, 0.1) is 0 Å². The summed E-state index contributed by atoms with van der Waals surface area (Å²) in [6.45, 7) is 2.07. The topological polar surface area (TPSA) is 100 Å². The van der Waals surface area contributed by atoms with Gasteiger partial charge in [-0.05, 0) is 55.7 Å². The van der Waals surface area contributed by atoms with Gasteiger partial charge >= 0.3 is 6.03 Å². The molecule has 0 aliphatic heterocycles. The van der Waals surface area contributed by atoms with Crippen molar-refractivity contribution in [3.63, 3.8) is 0 Å². The number of aliphatic hydroxyl groups excluding tert-OH is 1. The summed E-state index contributed by atoms with van der Waals surface area (Å²) in [4.78, 5) is 12.5. The van der Waals surface area contributed by atoms with Crippen LogP contribution in [0.25, 0.3) is 11.5 Å². The van der Waals surface area contributed by atoms with Gasteiger partial charge in [-0.25, -0.2) is 4.79 Å². The summed E-state index contributed by atoms with van der Waals surface area (Å²) < 4.78 is 5.21. The van der Waals surface area contributed by atoms with E-state index in [9.17, 15) is 9.90 Å². The van der Waals surface area contributed by atoms with E-state index in [1.807, 2.05) is 25.1 Å². The van der Waals surface area contributed by atoms with Crippen molar-refractivity contribution in [2.75, 3.05) is 11.9 Å². The highest BCUT2D eigenvalue weighted by molar-refractivity contribution is 5.91. The first-order valence-corrected chi connectivity index (χ1v) is 8.71. The molecule has 2 aliphatic rings. The Hall–Kier alpha value is -2.41. The number of hydrogen-bond acceptors (Lipinski definition) is 5. The number of carbonyl (C=O) groups is 1. The van der Waals surface area contributed by atoms with Gasteiger partial charge in [-0.15, -0.1) is 10.2 Å². The molecule has 7 nitrogen and oxygen atoms in total. The molecule has 1 aromatic heterocycles. The van der Waals surface area contributed by atoms with E-state index >= 15 is 0 Å². The highest BCUT2D eigenvalue weighted by Gasteiger charge is 2.47. The average Bonchev–Trinajstić information content (AvgIpc) is 3.33. The Labute approximate surface area is 145 Å². The van der Waals surface area contributed by atoms with Crippen molar-refractivity contribution in [3.05, 3.63) is 30.2 Å². The van der Waals surface area contributed by atoms with Gasteiger partial charge in [0.15, 0.2) is 0 Å². The minimum Gasteiger partial charge on any atom is -0.423 e. The van der Waals surface area contributed by atoms with Crippen LogP contribution in [0.2, 0.25) is 0 Å². The molecule has 0 saturated heterocycles. The summed E-state index contributed by atoms with van der Waals surface area (Å²) >= 11 is 0. The molecule has 25 heavy (non-hydrogen) atoms. The molecule has 0 spiro atoms. The summed E-state index contributed by atoms with van der Waals surface area (Å²) in [5.41, 5.74) is 2.41. The molecule has 4 unspecified atom stereocenters. The van der Waals surface area contributed by atoms with Gasteiger partial charge in [-0.1, -0.05) is 6.07 Å². The third kappa shape index (κ3) is 3.00. The molecule has 2 aromatic rings. The second-order valence-electron chi connectivity index (χ2n) is 7.08. The zero-order valence-corrected chi connectivity index (χ0v) is 14.1. The van der Waals surface area contributed by atoms with Crippen molar-refractivity contribution >= 4 is 11.7 Å². The Morgan fingerprint density at radius 2 is 2.20 bits per heavy atom. The first-order valence-electron chi connectivity index (χ1n) is 8.71. The van der Waals surface area contributed by atoms with Gasteiger partial charge in [0.1, 0.15) is 0 Å². The van der Waals surface area contributed by atoms with Crippen LogP contribution in [-0.4, -0.2) is 34.0 Å². The number of aromatic nitrogens is 2. The summed E-state index contributed by atoms with van der Waals surface area (Å²) in [6, 6.07) is 5.43. The number of aliphatic hydroxyl groups is 1. The number of urea groups is 1. The molecular formula is C18H22N4O3. The minimum absolute atomic E-state index is 0.0585. The number of fused-ring (bicyclic) bond motifs is 2. The lowest BCUT2D eigenvalue weighted by Crippen LogP contribution is -2.46. The normalized spacial score (nSPS) is 27.4. The number of carbonyl (C=O) groups excluding carboxylic acids is 1. The van der Waals surface area contributed by atoms with E-state index in [-0.39, 0.29) is 24.6 Å². The van der Waals surface area contributed by atoms with Crippen molar-refractivity contribution in [1.29, 1.82) is 0 Å².